The summed E-state index contributed by atoms with van der Waals surface area (Å²) in [5, 5.41) is 7.49. The molecule has 2 rings (SSSR count). The molecule has 43 heavy (non-hydrogen) atoms. The summed E-state index contributed by atoms with van der Waals surface area (Å²) in [6.07, 6.45) is -1.98. The number of esters is 1. The van der Waals surface area contributed by atoms with E-state index in [9.17, 15) is 22.8 Å². The molecule has 0 radical (unpaired) electrons. The summed E-state index contributed by atoms with van der Waals surface area (Å²) >= 11 is 1.30. The van der Waals surface area contributed by atoms with E-state index in [0.717, 1.165) is 18.0 Å². The normalized spacial score (nSPS) is 14.0. The maximum Gasteiger partial charge on any atom is 0.408 e. The molecular formula is C30H48F3N3O5SSi. The number of carbonyl (C=O) groups excluding carboxylic acids is 2. The number of amides is 1. The van der Waals surface area contributed by atoms with Crippen molar-refractivity contribution < 1.29 is 37.0 Å². The number of alkyl carbamates (subject to hydrolysis) is 1. The quantitative estimate of drug-likeness (QED) is 0.107. The van der Waals surface area contributed by atoms with Gasteiger partial charge in [0.25, 0.3) is 0 Å². The maximum atomic E-state index is 14.1. The second-order valence-corrected chi connectivity index (χ2v) is 19.7. The van der Waals surface area contributed by atoms with E-state index >= 15 is 0 Å². The molecule has 0 saturated carbocycles. The third kappa shape index (κ3) is 13.9. The van der Waals surface area contributed by atoms with Crippen LogP contribution in [0.25, 0.3) is 10.9 Å². The number of rotatable bonds is 17. The van der Waals surface area contributed by atoms with E-state index < -0.39 is 43.9 Å². The Morgan fingerprint density at radius 3 is 2.42 bits per heavy atom. The van der Waals surface area contributed by atoms with Gasteiger partial charge < -0.3 is 19.5 Å². The maximum absolute atomic E-state index is 14.1. The molecule has 8 nitrogen and oxygen atoms in total. The highest BCUT2D eigenvalue weighted by atomic mass is 32.2. The predicted molar refractivity (Wildman–Crippen MR) is 168 cm³/mol. The summed E-state index contributed by atoms with van der Waals surface area (Å²) in [6, 6.07) is 4.81. The lowest BCUT2D eigenvalue weighted by molar-refractivity contribution is -0.150. The number of nitrogens with one attached hydrogen (secondary N) is 1. The highest BCUT2D eigenvalue weighted by Gasteiger charge is 2.40. The number of halogens is 3. The molecule has 0 bridgehead atoms. The van der Waals surface area contributed by atoms with Gasteiger partial charge in [0.2, 0.25) is 0 Å². The van der Waals surface area contributed by atoms with Crippen LogP contribution >= 0.6 is 11.8 Å². The van der Waals surface area contributed by atoms with Crippen LogP contribution in [0.1, 0.15) is 64.9 Å². The molecule has 0 aliphatic carbocycles. The minimum Gasteiger partial charge on any atom is -0.464 e. The Balaban J connectivity index is 1.98. The third-order valence-electron chi connectivity index (χ3n) is 6.49. The van der Waals surface area contributed by atoms with Crippen LogP contribution in [0.3, 0.4) is 0 Å². The van der Waals surface area contributed by atoms with E-state index in [1.54, 1.807) is 43.8 Å². The van der Waals surface area contributed by atoms with Crippen molar-refractivity contribution in [2.75, 3.05) is 24.7 Å². The van der Waals surface area contributed by atoms with Crippen molar-refractivity contribution in [2.24, 2.45) is 0 Å². The van der Waals surface area contributed by atoms with E-state index in [0.29, 0.717) is 24.2 Å². The van der Waals surface area contributed by atoms with Crippen LogP contribution in [-0.2, 0) is 25.7 Å². The first kappa shape index (κ1) is 36.9. The number of alkyl halides is 3. The largest absolute Gasteiger partial charge is 0.464 e. The number of carbonyl (C=O) groups is 2. The minimum absolute atomic E-state index is 0.126. The van der Waals surface area contributed by atoms with Gasteiger partial charge in [0.05, 0.1) is 24.2 Å². The van der Waals surface area contributed by atoms with Gasteiger partial charge in [0, 0.05) is 20.1 Å². The van der Waals surface area contributed by atoms with E-state index in [1.165, 1.54) is 17.8 Å². The standard InChI is InChI=1S/C30H48F3N3O5SSi/c1-8-9-14-40-27(37)25(35-28(38)41-29(2,3)4)13-17-42-16-12-24(30(31,32)33)22-10-11-26-23(19-22)20-34-36(26)21-39-15-18-43(5,6)7/h10-11,19-20,24-25H,8-9,12-18,21H2,1-7H3,(H,35,38). The van der Waals surface area contributed by atoms with Crippen molar-refractivity contribution in [3.63, 3.8) is 0 Å². The lowest BCUT2D eigenvalue weighted by Crippen LogP contribution is -2.44. The van der Waals surface area contributed by atoms with Crippen LogP contribution < -0.4 is 5.32 Å². The van der Waals surface area contributed by atoms with Crippen molar-refractivity contribution in [1.82, 2.24) is 15.1 Å². The lowest BCUT2D eigenvalue weighted by Gasteiger charge is -2.23. The number of thioether (sulfide) groups is 1. The van der Waals surface area contributed by atoms with Crippen LogP contribution in [0, 0.1) is 0 Å². The molecule has 2 aromatic rings. The Hall–Kier alpha value is -2.25. The number of ether oxygens (including phenoxy) is 3. The van der Waals surface area contributed by atoms with Gasteiger partial charge in [-0.2, -0.15) is 30.0 Å². The number of hydrogen-bond acceptors (Lipinski definition) is 7. The zero-order valence-electron chi connectivity index (χ0n) is 26.5. The van der Waals surface area contributed by atoms with Crippen LogP contribution in [0.15, 0.2) is 24.4 Å². The van der Waals surface area contributed by atoms with Crippen LogP contribution in [-0.4, -0.2) is 72.5 Å². The van der Waals surface area contributed by atoms with Crippen molar-refractivity contribution in [2.45, 2.75) is 110 Å². The smallest absolute Gasteiger partial charge is 0.408 e. The topological polar surface area (TPSA) is 91.7 Å². The molecule has 1 heterocycles. The number of nitrogens with zero attached hydrogens (tertiary/aromatic N) is 2. The average Bonchev–Trinajstić information content (AvgIpc) is 3.27. The summed E-state index contributed by atoms with van der Waals surface area (Å²) in [5.74, 6) is -1.65. The Morgan fingerprint density at radius 1 is 1.09 bits per heavy atom. The number of unbranched alkanes of at least 4 members (excludes halogenated alkanes) is 1. The van der Waals surface area contributed by atoms with Gasteiger partial charge in [0.1, 0.15) is 18.4 Å². The number of aromatic nitrogens is 2. The molecule has 0 fully saturated rings. The highest BCUT2D eigenvalue weighted by molar-refractivity contribution is 7.99. The Bertz CT molecular complexity index is 1160. The monoisotopic (exact) mass is 647 g/mol. The fraction of sp³-hybridized carbons (Fsp3) is 0.700. The molecule has 0 spiro atoms. The number of benzene rings is 1. The summed E-state index contributed by atoms with van der Waals surface area (Å²) in [5.41, 5.74) is 0.162. The molecule has 2 unspecified atom stereocenters. The number of fused-ring (bicyclic) bond motifs is 1. The van der Waals surface area contributed by atoms with Gasteiger partial charge in [-0.3, -0.25) is 0 Å². The first-order chi connectivity index (χ1) is 20.0. The van der Waals surface area contributed by atoms with Crippen molar-refractivity contribution in [3.05, 3.63) is 30.0 Å². The molecule has 244 valence electrons. The molecule has 0 aliphatic rings. The summed E-state index contributed by atoms with van der Waals surface area (Å²) in [6.45, 7) is 15.0. The van der Waals surface area contributed by atoms with Crippen LogP contribution in [0.5, 0.6) is 0 Å². The molecule has 1 N–H and O–H groups in total. The van der Waals surface area contributed by atoms with Gasteiger partial charge in [-0.05, 0) is 75.3 Å². The van der Waals surface area contributed by atoms with Crippen LogP contribution in [0.4, 0.5) is 18.0 Å². The first-order valence-electron chi connectivity index (χ1n) is 14.8. The average molecular weight is 648 g/mol. The van der Waals surface area contributed by atoms with Gasteiger partial charge in [-0.25, -0.2) is 14.3 Å². The Morgan fingerprint density at radius 2 is 1.79 bits per heavy atom. The zero-order chi connectivity index (χ0) is 32.3. The second kappa shape index (κ2) is 16.7. The van der Waals surface area contributed by atoms with Gasteiger partial charge >= 0.3 is 18.2 Å². The molecule has 1 aromatic carbocycles. The van der Waals surface area contributed by atoms with E-state index in [4.69, 9.17) is 14.2 Å². The number of hydrogen-bond donors (Lipinski definition) is 1. The lowest BCUT2D eigenvalue weighted by atomic mass is 9.95. The fourth-order valence-electron chi connectivity index (χ4n) is 4.09. The van der Waals surface area contributed by atoms with E-state index in [1.807, 2.05) is 6.92 Å². The first-order valence-corrected chi connectivity index (χ1v) is 19.7. The van der Waals surface area contributed by atoms with Gasteiger partial charge in [-0.1, -0.05) is 39.1 Å². The molecule has 13 heteroatoms. The fourth-order valence-corrected chi connectivity index (χ4v) is 5.86. The van der Waals surface area contributed by atoms with E-state index in [2.05, 4.69) is 30.1 Å². The van der Waals surface area contributed by atoms with E-state index in [-0.39, 0.29) is 37.5 Å². The Labute approximate surface area is 258 Å². The zero-order valence-corrected chi connectivity index (χ0v) is 28.3. The molecular weight excluding hydrogens is 599 g/mol. The predicted octanol–water partition coefficient (Wildman–Crippen LogP) is 7.74. The van der Waals surface area contributed by atoms with Crippen molar-refractivity contribution >= 4 is 42.8 Å². The van der Waals surface area contributed by atoms with Gasteiger partial charge in [0.15, 0.2) is 0 Å². The minimum atomic E-state index is -4.42. The van der Waals surface area contributed by atoms with Crippen molar-refractivity contribution in [1.29, 1.82) is 0 Å². The highest BCUT2D eigenvalue weighted by Crippen LogP contribution is 2.39. The molecule has 1 amide bonds. The summed E-state index contributed by atoms with van der Waals surface area (Å²) < 4.78 is 60.3. The molecule has 2 atom stereocenters. The van der Waals surface area contributed by atoms with Crippen LogP contribution in [0.2, 0.25) is 25.7 Å². The van der Waals surface area contributed by atoms with Gasteiger partial charge in [-0.15, -0.1) is 0 Å². The molecule has 0 aliphatic heterocycles. The SMILES string of the molecule is CCCCOC(=O)C(CCSCCC(c1ccc2c(cnn2COCC[Si](C)(C)C)c1)C(F)(F)F)NC(=O)OC(C)(C)C. The molecule has 1 aromatic heterocycles. The Kier molecular flexibility index (Phi) is 14.4. The second-order valence-electron chi connectivity index (χ2n) is 12.8. The molecule has 0 saturated heterocycles. The third-order valence-corrected chi connectivity index (χ3v) is 9.25. The summed E-state index contributed by atoms with van der Waals surface area (Å²) in [4.78, 5) is 24.8. The van der Waals surface area contributed by atoms with Crippen molar-refractivity contribution in [3.8, 4) is 0 Å². The summed E-state index contributed by atoms with van der Waals surface area (Å²) in [7, 11) is -1.22.